The Balaban J connectivity index is 1.63. The fourth-order valence-electron chi connectivity index (χ4n) is 3.86. The zero-order valence-corrected chi connectivity index (χ0v) is 23.5. The number of ether oxygens (including phenoxy) is 2. The van der Waals surface area contributed by atoms with Crippen LogP contribution in [-0.4, -0.2) is 34.6 Å². The van der Waals surface area contributed by atoms with Crippen molar-refractivity contribution in [3.63, 3.8) is 0 Å². The number of rotatable bonds is 7. The largest absolute Gasteiger partial charge is 0.478 e. The number of para-hydroxylation sites is 1. The van der Waals surface area contributed by atoms with Gasteiger partial charge >= 0.3 is 5.97 Å². The van der Waals surface area contributed by atoms with Gasteiger partial charge < -0.3 is 13.9 Å². The minimum absolute atomic E-state index is 0.245. The molecule has 3 aromatic carbocycles. The molecule has 2 aromatic heterocycles. The minimum atomic E-state index is -0.834. The van der Waals surface area contributed by atoms with Gasteiger partial charge in [0.1, 0.15) is 11.3 Å². The summed E-state index contributed by atoms with van der Waals surface area (Å²) in [4.78, 5) is 30.4. The fraction of sp³-hybridized carbons (Fsp3) is 0.143. The molecule has 192 valence electrons. The summed E-state index contributed by atoms with van der Waals surface area (Å²) < 4.78 is 19.8. The summed E-state index contributed by atoms with van der Waals surface area (Å²) >= 11 is 6.93. The Bertz CT molecular complexity index is 1760. The molecule has 38 heavy (non-hydrogen) atoms. The monoisotopic (exact) mass is 637 g/mol. The highest BCUT2D eigenvalue weighted by Crippen LogP contribution is 2.29. The van der Waals surface area contributed by atoms with Crippen molar-refractivity contribution in [2.24, 2.45) is 5.10 Å². The van der Waals surface area contributed by atoms with Gasteiger partial charge in [-0.05, 0) is 68.4 Å². The molecule has 1 atom stereocenters. The summed E-state index contributed by atoms with van der Waals surface area (Å²) in [6, 6.07) is 19.8. The third-order valence-electron chi connectivity index (χ3n) is 5.66. The molecule has 0 aliphatic carbocycles. The number of furan rings is 1. The van der Waals surface area contributed by atoms with Gasteiger partial charge in [0, 0.05) is 19.9 Å². The average molecular weight is 639 g/mol. The van der Waals surface area contributed by atoms with Crippen LogP contribution in [0, 0.1) is 0 Å². The molecule has 0 aliphatic heterocycles. The number of halogens is 2. The molecule has 8 nitrogen and oxygen atoms in total. The van der Waals surface area contributed by atoms with E-state index in [4.69, 9.17) is 18.9 Å². The Morgan fingerprint density at radius 3 is 2.68 bits per heavy atom. The van der Waals surface area contributed by atoms with Crippen LogP contribution in [0.4, 0.5) is 0 Å². The van der Waals surface area contributed by atoms with Crippen molar-refractivity contribution in [3.8, 4) is 17.3 Å². The summed E-state index contributed by atoms with van der Waals surface area (Å²) in [7, 11) is 0. The van der Waals surface area contributed by atoms with Crippen LogP contribution >= 0.6 is 31.9 Å². The number of hydrogen-bond acceptors (Lipinski definition) is 7. The van der Waals surface area contributed by atoms with Crippen LogP contribution in [0.2, 0.25) is 0 Å². The van der Waals surface area contributed by atoms with E-state index < -0.39 is 12.1 Å². The number of benzene rings is 3. The molecular formula is C28H21Br2N3O5. The van der Waals surface area contributed by atoms with E-state index in [2.05, 4.69) is 37.0 Å². The molecule has 0 spiro atoms. The van der Waals surface area contributed by atoms with Crippen LogP contribution < -0.4 is 10.3 Å². The molecule has 0 unspecified atom stereocenters. The Morgan fingerprint density at radius 2 is 1.87 bits per heavy atom. The smallest absolute Gasteiger partial charge is 0.347 e. The van der Waals surface area contributed by atoms with Crippen LogP contribution in [0.1, 0.15) is 19.4 Å². The second kappa shape index (κ2) is 10.9. The van der Waals surface area contributed by atoms with E-state index in [-0.39, 0.29) is 18.0 Å². The maximum Gasteiger partial charge on any atom is 0.347 e. The fourth-order valence-corrected chi connectivity index (χ4v) is 4.62. The van der Waals surface area contributed by atoms with E-state index in [1.807, 2.05) is 30.3 Å². The highest BCUT2D eigenvalue weighted by molar-refractivity contribution is 9.10. The molecular weight excluding hydrogens is 618 g/mol. The van der Waals surface area contributed by atoms with Gasteiger partial charge in [-0.15, -0.1) is 0 Å². The zero-order chi connectivity index (χ0) is 26.8. The molecule has 0 aliphatic rings. The van der Waals surface area contributed by atoms with Crippen LogP contribution in [0.3, 0.4) is 0 Å². The van der Waals surface area contributed by atoms with Crippen molar-refractivity contribution < 1.29 is 18.7 Å². The first kappa shape index (κ1) is 25.9. The van der Waals surface area contributed by atoms with Crippen LogP contribution in [-0.2, 0) is 9.53 Å². The highest BCUT2D eigenvalue weighted by Gasteiger charge is 2.19. The van der Waals surface area contributed by atoms with E-state index in [9.17, 15) is 9.59 Å². The first-order valence-corrected chi connectivity index (χ1v) is 13.3. The molecule has 5 rings (SSSR count). The number of aromatic nitrogens is 2. The van der Waals surface area contributed by atoms with Crippen molar-refractivity contribution in [1.29, 1.82) is 0 Å². The average Bonchev–Trinajstić information content (AvgIpc) is 3.32. The Morgan fingerprint density at radius 1 is 1.11 bits per heavy atom. The van der Waals surface area contributed by atoms with E-state index in [1.54, 1.807) is 50.2 Å². The zero-order valence-electron chi connectivity index (χ0n) is 20.4. The molecule has 0 radical (unpaired) electrons. The summed E-state index contributed by atoms with van der Waals surface area (Å²) in [5.41, 5.74) is 1.35. The maximum absolute atomic E-state index is 13.6. The van der Waals surface area contributed by atoms with Crippen molar-refractivity contribution >= 4 is 65.9 Å². The molecule has 10 heteroatoms. The van der Waals surface area contributed by atoms with Gasteiger partial charge in [-0.25, -0.2) is 9.78 Å². The number of nitrogens with zero attached hydrogens (tertiary/aromatic N) is 3. The number of fused-ring (bicyclic) bond motifs is 2. The number of hydrogen-bond donors (Lipinski definition) is 0. The molecule has 0 fully saturated rings. The topological polar surface area (TPSA) is 95.9 Å². The summed E-state index contributed by atoms with van der Waals surface area (Å²) in [5, 5.41) is 5.77. The summed E-state index contributed by atoms with van der Waals surface area (Å²) in [5.74, 6) is 0.552. The van der Waals surface area contributed by atoms with Crippen molar-refractivity contribution in [2.45, 2.75) is 20.0 Å². The second-order valence-corrected chi connectivity index (χ2v) is 10.1. The van der Waals surface area contributed by atoms with Crippen molar-refractivity contribution in [1.82, 2.24) is 9.66 Å². The lowest BCUT2D eigenvalue weighted by Crippen LogP contribution is -2.26. The van der Waals surface area contributed by atoms with E-state index in [0.29, 0.717) is 33.6 Å². The highest BCUT2D eigenvalue weighted by atomic mass is 79.9. The van der Waals surface area contributed by atoms with Gasteiger partial charge in [0.25, 0.3) is 5.56 Å². The van der Waals surface area contributed by atoms with E-state index in [0.717, 1.165) is 14.3 Å². The van der Waals surface area contributed by atoms with Crippen LogP contribution in [0.25, 0.3) is 33.5 Å². The van der Waals surface area contributed by atoms with Gasteiger partial charge in [-0.3, -0.25) is 4.79 Å². The van der Waals surface area contributed by atoms with Crippen LogP contribution in [0.5, 0.6) is 5.75 Å². The predicted octanol–water partition coefficient (Wildman–Crippen LogP) is 6.55. The van der Waals surface area contributed by atoms with Gasteiger partial charge in [0.2, 0.25) is 5.82 Å². The maximum atomic E-state index is 13.6. The number of esters is 1. The van der Waals surface area contributed by atoms with Crippen molar-refractivity contribution in [2.75, 3.05) is 6.61 Å². The third-order valence-corrected chi connectivity index (χ3v) is 6.65. The molecule has 0 N–H and O–H groups in total. The Hall–Kier alpha value is -3.76. The van der Waals surface area contributed by atoms with E-state index >= 15 is 0 Å². The molecule has 5 aromatic rings. The first-order valence-electron chi connectivity index (χ1n) is 11.7. The summed E-state index contributed by atoms with van der Waals surface area (Å²) in [6.45, 7) is 3.59. The number of carbonyl (C=O) groups excluding carboxylic acids is 1. The van der Waals surface area contributed by atoms with E-state index in [1.165, 1.54) is 10.9 Å². The standard InChI is InChI=1S/C28H21Br2N3O5/c1-3-36-28(35)16(2)37-24-11-9-20(30)13-18(24)15-31-33-26(32-22-7-5-4-6-21(22)27(33)34)25-14-17-12-19(29)8-10-23(17)38-25/h4-16H,3H2,1-2H3/t16-/m1/s1. The summed E-state index contributed by atoms with van der Waals surface area (Å²) in [6.07, 6.45) is 0.650. The second-order valence-electron chi connectivity index (χ2n) is 8.30. The lowest BCUT2D eigenvalue weighted by Gasteiger charge is -2.15. The first-order chi connectivity index (χ1) is 18.3. The van der Waals surface area contributed by atoms with Gasteiger partial charge in [-0.2, -0.15) is 9.78 Å². The Kier molecular flexibility index (Phi) is 7.44. The van der Waals surface area contributed by atoms with Gasteiger partial charge in [0.05, 0.1) is 23.7 Å². The molecule has 0 saturated heterocycles. The molecule has 0 bridgehead atoms. The number of carbonyl (C=O) groups is 1. The Labute approximate surface area is 234 Å². The van der Waals surface area contributed by atoms with Gasteiger partial charge in [-0.1, -0.05) is 44.0 Å². The predicted molar refractivity (Wildman–Crippen MR) is 153 cm³/mol. The van der Waals surface area contributed by atoms with Crippen LogP contribution in [0.15, 0.2) is 90.0 Å². The van der Waals surface area contributed by atoms with Gasteiger partial charge in [0.15, 0.2) is 11.9 Å². The third kappa shape index (κ3) is 5.27. The molecule has 2 heterocycles. The normalized spacial score (nSPS) is 12.3. The molecule has 0 saturated carbocycles. The minimum Gasteiger partial charge on any atom is -0.478 e. The lowest BCUT2D eigenvalue weighted by atomic mass is 10.2. The molecule has 0 amide bonds. The lowest BCUT2D eigenvalue weighted by molar-refractivity contribution is -0.150. The SMILES string of the molecule is CCOC(=O)[C@@H](C)Oc1ccc(Br)cc1C=Nn1c(-c2cc3cc(Br)ccc3o2)nc2ccccc2c1=O. The quantitative estimate of drug-likeness (QED) is 0.148. The van der Waals surface area contributed by atoms with Crippen molar-refractivity contribution in [3.05, 3.63) is 91.6 Å².